The van der Waals surface area contributed by atoms with E-state index in [0.29, 0.717) is 11.4 Å². The van der Waals surface area contributed by atoms with Crippen LogP contribution in [0.1, 0.15) is 25.1 Å². The van der Waals surface area contributed by atoms with Crippen LogP contribution in [0.4, 0.5) is 5.82 Å². The highest BCUT2D eigenvalue weighted by atomic mass is 16.3. The van der Waals surface area contributed by atoms with Crippen molar-refractivity contribution in [2.24, 2.45) is 5.92 Å². The minimum absolute atomic E-state index is 0.117. The van der Waals surface area contributed by atoms with Gasteiger partial charge in [-0.1, -0.05) is 6.92 Å². The average Bonchev–Trinajstić information content (AvgIpc) is 2.26. The Morgan fingerprint density at radius 1 is 1.50 bits per heavy atom. The Bertz CT molecular complexity index is 398. The summed E-state index contributed by atoms with van der Waals surface area (Å²) in [7, 11) is 0. The molecule has 0 aliphatic rings. The Morgan fingerprint density at radius 3 is 2.75 bits per heavy atom. The normalized spacial score (nSPS) is 13.9. The second-order valence-corrected chi connectivity index (χ2v) is 4.09. The zero-order chi connectivity index (χ0) is 12.1. The monoisotopic (exact) mass is 219 g/mol. The average molecular weight is 219 g/mol. The van der Waals surface area contributed by atoms with Crippen molar-refractivity contribution in [2.75, 3.05) is 11.9 Å². The maximum Gasteiger partial charge on any atom is 0.127 e. The lowest BCUT2D eigenvalue weighted by atomic mass is 10.1. The van der Waals surface area contributed by atoms with Gasteiger partial charge < -0.3 is 10.4 Å². The van der Waals surface area contributed by atoms with Crippen LogP contribution in [-0.4, -0.2) is 22.7 Å². The quantitative estimate of drug-likeness (QED) is 0.808. The van der Waals surface area contributed by atoms with Crippen LogP contribution in [-0.2, 0) is 0 Å². The minimum Gasteiger partial charge on any atom is -0.396 e. The molecule has 0 aromatic carbocycles. The third kappa shape index (κ3) is 3.21. The van der Waals surface area contributed by atoms with Crippen LogP contribution < -0.4 is 5.32 Å². The van der Waals surface area contributed by atoms with E-state index in [-0.39, 0.29) is 18.6 Å². The SMILES string of the molecule is Cc1cc(C#N)cc(NC(C)C(C)CO)n1. The number of nitrogens with zero attached hydrogens (tertiary/aromatic N) is 2. The molecule has 4 heteroatoms. The number of nitriles is 1. The molecule has 0 radical (unpaired) electrons. The van der Waals surface area contributed by atoms with E-state index < -0.39 is 0 Å². The van der Waals surface area contributed by atoms with E-state index in [1.54, 1.807) is 12.1 Å². The molecule has 1 heterocycles. The lowest BCUT2D eigenvalue weighted by Crippen LogP contribution is -2.26. The molecule has 2 N–H and O–H groups in total. The summed E-state index contributed by atoms with van der Waals surface area (Å²) in [6.07, 6.45) is 0. The van der Waals surface area contributed by atoms with Gasteiger partial charge in [-0.25, -0.2) is 4.98 Å². The second-order valence-electron chi connectivity index (χ2n) is 4.09. The Labute approximate surface area is 95.9 Å². The molecule has 4 nitrogen and oxygen atoms in total. The molecule has 0 saturated carbocycles. The lowest BCUT2D eigenvalue weighted by molar-refractivity contribution is 0.226. The van der Waals surface area contributed by atoms with Gasteiger partial charge in [0.2, 0.25) is 0 Å². The van der Waals surface area contributed by atoms with Gasteiger partial charge in [0, 0.05) is 18.3 Å². The maximum absolute atomic E-state index is 9.03. The number of pyridine rings is 1. The smallest absolute Gasteiger partial charge is 0.127 e. The zero-order valence-electron chi connectivity index (χ0n) is 9.86. The van der Waals surface area contributed by atoms with Gasteiger partial charge in [-0.15, -0.1) is 0 Å². The molecule has 2 atom stereocenters. The van der Waals surface area contributed by atoms with Crippen LogP contribution in [0.5, 0.6) is 0 Å². The predicted molar refractivity (Wildman–Crippen MR) is 63.0 cm³/mol. The van der Waals surface area contributed by atoms with Gasteiger partial charge in [0.05, 0.1) is 11.6 Å². The number of anilines is 1. The number of rotatable bonds is 4. The summed E-state index contributed by atoms with van der Waals surface area (Å²) >= 11 is 0. The molecule has 0 aliphatic heterocycles. The minimum atomic E-state index is 0.117. The third-order valence-corrected chi connectivity index (χ3v) is 2.60. The fraction of sp³-hybridized carbons (Fsp3) is 0.500. The summed E-state index contributed by atoms with van der Waals surface area (Å²) in [6, 6.07) is 5.67. The lowest BCUT2D eigenvalue weighted by Gasteiger charge is -2.20. The van der Waals surface area contributed by atoms with E-state index >= 15 is 0 Å². The molecule has 2 unspecified atom stereocenters. The highest BCUT2D eigenvalue weighted by Gasteiger charge is 2.11. The van der Waals surface area contributed by atoms with Crippen LogP contribution in [0.25, 0.3) is 0 Å². The third-order valence-electron chi connectivity index (χ3n) is 2.60. The van der Waals surface area contributed by atoms with Gasteiger partial charge in [-0.05, 0) is 31.9 Å². The van der Waals surface area contributed by atoms with Crippen molar-refractivity contribution in [3.05, 3.63) is 23.4 Å². The van der Waals surface area contributed by atoms with Crippen molar-refractivity contribution in [1.82, 2.24) is 4.98 Å². The van der Waals surface area contributed by atoms with Gasteiger partial charge in [0.25, 0.3) is 0 Å². The molecule has 86 valence electrons. The topological polar surface area (TPSA) is 68.9 Å². The van der Waals surface area contributed by atoms with Crippen molar-refractivity contribution in [3.8, 4) is 6.07 Å². The van der Waals surface area contributed by atoms with Gasteiger partial charge in [-0.3, -0.25) is 0 Å². The first-order chi connectivity index (χ1) is 7.56. The zero-order valence-corrected chi connectivity index (χ0v) is 9.86. The Kier molecular flexibility index (Phi) is 4.27. The molecule has 0 fully saturated rings. The largest absolute Gasteiger partial charge is 0.396 e. The van der Waals surface area contributed by atoms with Crippen molar-refractivity contribution >= 4 is 5.82 Å². The summed E-state index contributed by atoms with van der Waals surface area (Å²) < 4.78 is 0. The highest BCUT2D eigenvalue weighted by molar-refractivity contribution is 5.44. The Balaban J connectivity index is 2.81. The molecule has 0 amide bonds. The van der Waals surface area contributed by atoms with Crippen molar-refractivity contribution in [3.63, 3.8) is 0 Å². The van der Waals surface area contributed by atoms with E-state index in [2.05, 4.69) is 16.4 Å². The van der Waals surface area contributed by atoms with E-state index in [9.17, 15) is 0 Å². The van der Waals surface area contributed by atoms with E-state index in [0.717, 1.165) is 5.69 Å². The Morgan fingerprint density at radius 2 is 2.19 bits per heavy atom. The number of hydrogen-bond acceptors (Lipinski definition) is 4. The molecule has 1 rings (SSSR count). The Hall–Kier alpha value is -1.60. The maximum atomic E-state index is 9.03. The molecular formula is C12H17N3O. The number of aryl methyl sites for hydroxylation is 1. The van der Waals surface area contributed by atoms with Gasteiger partial charge in [-0.2, -0.15) is 5.26 Å². The van der Waals surface area contributed by atoms with Gasteiger partial charge in [0.15, 0.2) is 0 Å². The fourth-order valence-corrected chi connectivity index (χ4v) is 1.34. The number of hydrogen-bond donors (Lipinski definition) is 2. The molecule has 1 aromatic heterocycles. The molecule has 0 aliphatic carbocycles. The molecule has 1 aromatic rings. The highest BCUT2D eigenvalue weighted by Crippen LogP contribution is 2.13. The summed E-state index contributed by atoms with van der Waals surface area (Å²) in [5.41, 5.74) is 1.41. The molecule has 16 heavy (non-hydrogen) atoms. The molecule has 0 saturated heterocycles. The van der Waals surface area contributed by atoms with Crippen molar-refractivity contribution in [1.29, 1.82) is 5.26 Å². The van der Waals surface area contributed by atoms with Crippen molar-refractivity contribution in [2.45, 2.75) is 26.8 Å². The summed E-state index contributed by atoms with van der Waals surface area (Å²) in [4.78, 5) is 4.29. The first-order valence-electron chi connectivity index (χ1n) is 5.33. The first-order valence-corrected chi connectivity index (χ1v) is 5.33. The first kappa shape index (κ1) is 12.5. The summed E-state index contributed by atoms with van der Waals surface area (Å²) in [5, 5.41) is 21.0. The van der Waals surface area contributed by atoms with Crippen LogP contribution in [0.2, 0.25) is 0 Å². The number of aliphatic hydroxyl groups is 1. The molecule has 0 spiro atoms. The van der Waals surface area contributed by atoms with Crippen LogP contribution in [0.15, 0.2) is 12.1 Å². The standard InChI is InChI=1S/C12H17N3O/c1-8(7-16)10(3)15-12-5-11(6-13)4-9(2)14-12/h4-5,8,10,16H,7H2,1-3H3,(H,14,15). The van der Waals surface area contributed by atoms with Gasteiger partial charge >= 0.3 is 0 Å². The molecule has 0 bridgehead atoms. The van der Waals surface area contributed by atoms with Crippen LogP contribution in [0.3, 0.4) is 0 Å². The number of aliphatic hydroxyl groups excluding tert-OH is 1. The number of aromatic nitrogens is 1. The van der Waals surface area contributed by atoms with E-state index in [4.69, 9.17) is 10.4 Å². The summed E-state index contributed by atoms with van der Waals surface area (Å²) in [6.45, 7) is 5.92. The summed E-state index contributed by atoms with van der Waals surface area (Å²) in [5.74, 6) is 0.831. The van der Waals surface area contributed by atoms with Crippen LogP contribution >= 0.6 is 0 Å². The fourth-order valence-electron chi connectivity index (χ4n) is 1.34. The van der Waals surface area contributed by atoms with Crippen molar-refractivity contribution < 1.29 is 5.11 Å². The van der Waals surface area contributed by atoms with E-state index in [1.165, 1.54) is 0 Å². The van der Waals surface area contributed by atoms with Crippen LogP contribution in [0, 0.1) is 24.2 Å². The van der Waals surface area contributed by atoms with E-state index in [1.807, 2.05) is 20.8 Å². The van der Waals surface area contributed by atoms with Gasteiger partial charge in [0.1, 0.15) is 5.82 Å². The predicted octanol–water partition coefficient (Wildman–Crippen LogP) is 1.69. The molecular weight excluding hydrogens is 202 g/mol. The number of nitrogens with one attached hydrogen (secondary N) is 1. The second kappa shape index (κ2) is 5.47.